The van der Waals surface area contributed by atoms with Crippen LogP contribution in [-0.4, -0.2) is 20.1 Å². The number of carbonyl (C=O) groups is 1. The molecule has 1 amide bonds. The van der Waals surface area contributed by atoms with Crippen LogP contribution in [0.15, 0.2) is 36.4 Å². The molecule has 0 spiro atoms. The predicted molar refractivity (Wildman–Crippen MR) is 86.6 cm³/mol. The molecule has 0 aromatic heterocycles. The molecule has 23 heavy (non-hydrogen) atoms. The van der Waals surface area contributed by atoms with Gasteiger partial charge in [-0.1, -0.05) is 17.7 Å². The molecule has 1 N–H and O–H groups in total. The Morgan fingerprint density at radius 2 is 1.74 bits per heavy atom. The van der Waals surface area contributed by atoms with Gasteiger partial charge in [-0.05, 0) is 38.1 Å². The van der Waals surface area contributed by atoms with E-state index in [1.165, 1.54) is 19.2 Å². The van der Waals surface area contributed by atoms with Crippen LogP contribution in [-0.2, 0) is 0 Å². The van der Waals surface area contributed by atoms with Crippen molar-refractivity contribution in [1.82, 2.24) is 5.32 Å². The second-order valence-corrected chi connectivity index (χ2v) is 5.29. The van der Waals surface area contributed by atoms with Crippen LogP contribution in [0.2, 0.25) is 0 Å². The molecule has 0 aliphatic rings. The lowest BCUT2D eigenvalue weighted by atomic mass is 10.0. The number of hydrogen-bond donors (Lipinski definition) is 1. The fourth-order valence-electron chi connectivity index (χ4n) is 2.40. The molecule has 0 aliphatic carbocycles. The molecule has 1 unspecified atom stereocenters. The van der Waals surface area contributed by atoms with Crippen molar-refractivity contribution in [1.29, 1.82) is 0 Å². The van der Waals surface area contributed by atoms with Crippen molar-refractivity contribution in [2.45, 2.75) is 19.9 Å². The highest BCUT2D eigenvalue weighted by atomic mass is 19.1. The predicted octanol–water partition coefficient (Wildman–Crippen LogP) is 3.64. The standard InChI is InChI=1S/C18H20FNO3/c1-11-5-7-16(22-3)14(9-11)12(2)20-18(21)15-10-13(19)6-8-17(15)23-4/h5-10,12H,1-4H3,(H,20,21). The fourth-order valence-corrected chi connectivity index (χ4v) is 2.40. The Morgan fingerprint density at radius 1 is 1.09 bits per heavy atom. The molecule has 0 saturated heterocycles. The zero-order chi connectivity index (χ0) is 17.0. The first-order chi connectivity index (χ1) is 11.0. The van der Waals surface area contributed by atoms with E-state index in [9.17, 15) is 9.18 Å². The van der Waals surface area contributed by atoms with E-state index in [1.54, 1.807) is 7.11 Å². The van der Waals surface area contributed by atoms with Gasteiger partial charge in [-0.2, -0.15) is 0 Å². The van der Waals surface area contributed by atoms with Gasteiger partial charge in [-0.25, -0.2) is 4.39 Å². The molecule has 122 valence electrons. The Morgan fingerprint density at radius 3 is 2.39 bits per heavy atom. The van der Waals surface area contributed by atoms with Crippen LogP contribution in [0.5, 0.6) is 11.5 Å². The summed E-state index contributed by atoms with van der Waals surface area (Å²) in [6.45, 7) is 3.81. The Balaban J connectivity index is 2.27. The monoisotopic (exact) mass is 317 g/mol. The molecule has 0 aliphatic heterocycles. The quantitative estimate of drug-likeness (QED) is 0.916. The lowest BCUT2D eigenvalue weighted by Gasteiger charge is -2.18. The second kappa shape index (κ2) is 7.13. The Hall–Kier alpha value is -2.56. The summed E-state index contributed by atoms with van der Waals surface area (Å²) in [4.78, 5) is 12.4. The summed E-state index contributed by atoms with van der Waals surface area (Å²) < 4.78 is 23.9. The van der Waals surface area contributed by atoms with Crippen molar-refractivity contribution in [3.63, 3.8) is 0 Å². The Kier molecular flexibility index (Phi) is 5.21. The van der Waals surface area contributed by atoms with Crippen LogP contribution in [0.4, 0.5) is 4.39 Å². The van der Waals surface area contributed by atoms with E-state index in [-0.39, 0.29) is 11.6 Å². The van der Waals surface area contributed by atoms with E-state index in [1.807, 2.05) is 32.0 Å². The molecular formula is C18H20FNO3. The van der Waals surface area contributed by atoms with Crippen LogP contribution in [0.3, 0.4) is 0 Å². The third-order valence-electron chi connectivity index (χ3n) is 3.61. The number of carbonyl (C=O) groups excluding carboxylic acids is 1. The van der Waals surface area contributed by atoms with Crippen molar-refractivity contribution < 1.29 is 18.7 Å². The number of methoxy groups -OCH3 is 2. The highest BCUT2D eigenvalue weighted by Gasteiger charge is 2.18. The van der Waals surface area contributed by atoms with E-state index in [0.717, 1.165) is 17.2 Å². The molecular weight excluding hydrogens is 297 g/mol. The van der Waals surface area contributed by atoms with Gasteiger partial charge in [0.15, 0.2) is 0 Å². The maximum Gasteiger partial charge on any atom is 0.255 e. The van der Waals surface area contributed by atoms with Crippen LogP contribution in [0, 0.1) is 12.7 Å². The summed E-state index contributed by atoms with van der Waals surface area (Å²) >= 11 is 0. The lowest BCUT2D eigenvalue weighted by molar-refractivity contribution is 0.0936. The fraction of sp³-hybridized carbons (Fsp3) is 0.278. The minimum Gasteiger partial charge on any atom is -0.496 e. The SMILES string of the molecule is COc1ccc(F)cc1C(=O)NC(C)c1cc(C)ccc1OC. The molecule has 1 atom stereocenters. The number of hydrogen-bond acceptors (Lipinski definition) is 3. The summed E-state index contributed by atoms with van der Waals surface area (Å²) in [6.07, 6.45) is 0. The summed E-state index contributed by atoms with van der Waals surface area (Å²) in [5.41, 5.74) is 2.08. The van der Waals surface area contributed by atoms with E-state index >= 15 is 0 Å². The van der Waals surface area contributed by atoms with Gasteiger partial charge in [0.25, 0.3) is 5.91 Å². The number of halogens is 1. The lowest BCUT2D eigenvalue weighted by Crippen LogP contribution is -2.27. The maximum absolute atomic E-state index is 13.4. The molecule has 4 nitrogen and oxygen atoms in total. The van der Waals surface area contributed by atoms with Crippen molar-refractivity contribution in [2.24, 2.45) is 0 Å². The largest absolute Gasteiger partial charge is 0.496 e. The van der Waals surface area contributed by atoms with Crippen molar-refractivity contribution in [3.05, 3.63) is 58.9 Å². The van der Waals surface area contributed by atoms with Crippen molar-refractivity contribution in [3.8, 4) is 11.5 Å². The number of ether oxygens (including phenoxy) is 2. The van der Waals surface area contributed by atoms with Crippen molar-refractivity contribution >= 4 is 5.91 Å². The van der Waals surface area contributed by atoms with Gasteiger partial charge in [0, 0.05) is 5.56 Å². The molecule has 2 rings (SSSR count). The Labute approximate surface area is 135 Å². The topological polar surface area (TPSA) is 47.6 Å². The molecule has 2 aromatic carbocycles. The molecule has 5 heteroatoms. The molecule has 0 saturated carbocycles. The van der Waals surface area contributed by atoms with Gasteiger partial charge in [0.05, 0.1) is 25.8 Å². The number of nitrogens with one attached hydrogen (secondary N) is 1. The number of benzene rings is 2. The van der Waals surface area contributed by atoms with Gasteiger partial charge >= 0.3 is 0 Å². The van der Waals surface area contributed by atoms with E-state index in [2.05, 4.69) is 5.32 Å². The van der Waals surface area contributed by atoms with Gasteiger partial charge in [0.2, 0.25) is 0 Å². The molecule has 0 heterocycles. The van der Waals surface area contributed by atoms with Gasteiger partial charge in [-0.15, -0.1) is 0 Å². The normalized spacial score (nSPS) is 11.7. The van der Waals surface area contributed by atoms with E-state index in [4.69, 9.17) is 9.47 Å². The highest BCUT2D eigenvalue weighted by molar-refractivity contribution is 5.97. The van der Waals surface area contributed by atoms with Crippen LogP contribution < -0.4 is 14.8 Å². The van der Waals surface area contributed by atoms with Crippen LogP contribution in [0.1, 0.15) is 34.5 Å². The first-order valence-corrected chi connectivity index (χ1v) is 7.25. The van der Waals surface area contributed by atoms with Gasteiger partial charge in [-0.3, -0.25) is 4.79 Å². The number of amides is 1. The van der Waals surface area contributed by atoms with Gasteiger partial charge in [0.1, 0.15) is 17.3 Å². The molecule has 2 aromatic rings. The molecule has 0 fully saturated rings. The smallest absolute Gasteiger partial charge is 0.255 e. The van der Waals surface area contributed by atoms with Crippen LogP contribution >= 0.6 is 0 Å². The average molecular weight is 317 g/mol. The highest BCUT2D eigenvalue weighted by Crippen LogP contribution is 2.27. The summed E-state index contributed by atoms with van der Waals surface area (Å²) in [7, 11) is 3.02. The zero-order valence-electron chi connectivity index (χ0n) is 13.6. The summed E-state index contributed by atoms with van der Waals surface area (Å²) in [6, 6.07) is 9.29. The minimum atomic E-state index is -0.489. The number of aryl methyl sites for hydroxylation is 1. The van der Waals surface area contributed by atoms with Gasteiger partial charge < -0.3 is 14.8 Å². The first kappa shape index (κ1) is 16.8. The van der Waals surface area contributed by atoms with E-state index < -0.39 is 11.7 Å². The third-order valence-corrected chi connectivity index (χ3v) is 3.61. The molecule has 0 radical (unpaired) electrons. The van der Waals surface area contributed by atoms with E-state index in [0.29, 0.717) is 11.5 Å². The minimum absolute atomic E-state index is 0.158. The number of rotatable bonds is 5. The van der Waals surface area contributed by atoms with Crippen LogP contribution in [0.25, 0.3) is 0 Å². The second-order valence-electron chi connectivity index (χ2n) is 5.29. The Bertz CT molecular complexity index is 715. The zero-order valence-corrected chi connectivity index (χ0v) is 13.6. The van der Waals surface area contributed by atoms with Crippen molar-refractivity contribution in [2.75, 3.05) is 14.2 Å². The summed E-state index contributed by atoms with van der Waals surface area (Å²) in [5, 5.41) is 2.85. The maximum atomic E-state index is 13.4. The average Bonchev–Trinajstić information content (AvgIpc) is 2.54. The molecule has 0 bridgehead atoms. The summed E-state index contributed by atoms with van der Waals surface area (Å²) in [5.74, 6) is 0.121. The first-order valence-electron chi connectivity index (χ1n) is 7.25. The third kappa shape index (κ3) is 3.80.